The van der Waals surface area contributed by atoms with Crippen LogP contribution in [0.1, 0.15) is 46.5 Å². The van der Waals surface area contributed by atoms with E-state index < -0.39 is 0 Å². The number of nitrogens with zero attached hydrogens (tertiary/aromatic N) is 1. The fraction of sp³-hybridized carbons (Fsp3) is 1.00. The summed E-state index contributed by atoms with van der Waals surface area (Å²) in [6.45, 7) is 12.2. The zero-order chi connectivity index (χ0) is 11.6. The lowest BCUT2D eigenvalue weighted by atomic mass is 9.70. The van der Waals surface area contributed by atoms with Crippen LogP contribution < -0.4 is 5.32 Å². The van der Waals surface area contributed by atoms with Gasteiger partial charge in [-0.15, -0.1) is 0 Å². The molecule has 0 aromatic heterocycles. The van der Waals surface area contributed by atoms with Crippen molar-refractivity contribution in [2.75, 3.05) is 26.2 Å². The average molecular weight is 224 g/mol. The van der Waals surface area contributed by atoms with Gasteiger partial charge in [0.15, 0.2) is 0 Å². The third kappa shape index (κ3) is 3.21. The predicted octanol–water partition coefficient (Wildman–Crippen LogP) is 2.50. The SMILES string of the molecule is CC(C)CC1CN(CC2(C)CCC2)CCN1. The lowest BCUT2D eigenvalue weighted by molar-refractivity contribution is 0.0654. The van der Waals surface area contributed by atoms with Gasteiger partial charge in [-0.25, -0.2) is 0 Å². The molecule has 1 aliphatic carbocycles. The maximum absolute atomic E-state index is 3.66. The summed E-state index contributed by atoms with van der Waals surface area (Å²) < 4.78 is 0. The van der Waals surface area contributed by atoms with Gasteiger partial charge in [0.1, 0.15) is 0 Å². The average Bonchev–Trinajstić information content (AvgIpc) is 2.14. The predicted molar refractivity (Wildman–Crippen MR) is 69.6 cm³/mol. The summed E-state index contributed by atoms with van der Waals surface area (Å²) in [6.07, 6.45) is 5.68. The molecule has 94 valence electrons. The minimum atomic E-state index is 0.653. The minimum absolute atomic E-state index is 0.653. The van der Waals surface area contributed by atoms with Crippen LogP contribution >= 0.6 is 0 Å². The second-order valence-corrected chi connectivity index (χ2v) is 6.68. The van der Waals surface area contributed by atoms with Crippen molar-refractivity contribution in [1.82, 2.24) is 10.2 Å². The Labute approximate surface area is 101 Å². The molecule has 0 radical (unpaired) electrons. The van der Waals surface area contributed by atoms with E-state index in [1.165, 1.54) is 51.9 Å². The lowest BCUT2D eigenvalue weighted by Crippen LogP contribution is -2.54. The van der Waals surface area contributed by atoms with Crippen molar-refractivity contribution >= 4 is 0 Å². The van der Waals surface area contributed by atoms with Crippen molar-refractivity contribution in [2.45, 2.75) is 52.5 Å². The third-order valence-corrected chi connectivity index (χ3v) is 4.26. The van der Waals surface area contributed by atoms with Crippen LogP contribution in [0.2, 0.25) is 0 Å². The van der Waals surface area contributed by atoms with Gasteiger partial charge in [-0.3, -0.25) is 4.90 Å². The van der Waals surface area contributed by atoms with Crippen molar-refractivity contribution in [3.8, 4) is 0 Å². The van der Waals surface area contributed by atoms with E-state index >= 15 is 0 Å². The van der Waals surface area contributed by atoms with Crippen LogP contribution in [-0.4, -0.2) is 37.1 Å². The maximum atomic E-state index is 3.66. The van der Waals surface area contributed by atoms with Crippen LogP contribution in [-0.2, 0) is 0 Å². The molecule has 1 N–H and O–H groups in total. The second-order valence-electron chi connectivity index (χ2n) is 6.68. The summed E-state index contributed by atoms with van der Waals surface area (Å²) in [5.41, 5.74) is 0.653. The van der Waals surface area contributed by atoms with Gasteiger partial charge in [-0.05, 0) is 30.6 Å². The molecule has 1 atom stereocenters. The molecule has 0 spiro atoms. The first kappa shape index (κ1) is 12.4. The molecular weight excluding hydrogens is 196 g/mol. The van der Waals surface area contributed by atoms with Crippen molar-refractivity contribution < 1.29 is 0 Å². The van der Waals surface area contributed by atoms with Crippen LogP contribution in [0.25, 0.3) is 0 Å². The molecule has 0 bridgehead atoms. The quantitative estimate of drug-likeness (QED) is 0.789. The fourth-order valence-corrected chi connectivity index (χ4v) is 3.24. The molecule has 2 heteroatoms. The molecule has 0 aromatic carbocycles. The molecule has 2 rings (SSSR count). The molecule has 1 aliphatic heterocycles. The largest absolute Gasteiger partial charge is 0.311 e. The number of hydrogen-bond acceptors (Lipinski definition) is 2. The monoisotopic (exact) mass is 224 g/mol. The summed E-state index contributed by atoms with van der Waals surface area (Å²) in [7, 11) is 0. The number of rotatable bonds is 4. The van der Waals surface area contributed by atoms with E-state index in [0.29, 0.717) is 5.41 Å². The Balaban J connectivity index is 1.77. The molecule has 2 aliphatic rings. The fourth-order valence-electron chi connectivity index (χ4n) is 3.24. The Bertz CT molecular complexity index is 221. The van der Waals surface area contributed by atoms with Crippen LogP contribution in [0.3, 0.4) is 0 Å². The van der Waals surface area contributed by atoms with Gasteiger partial charge in [-0.1, -0.05) is 27.2 Å². The molecule has 1 heterocycles. The van der Waals surface area contributed by atoms with Crippen LogP contribution in [0.4, 0.5) is 0 Å². The van der Waals surface area contributed by atoms with Crippen molar-refractivity contribution in [2.24, 2.45) is 11.3 Å². The highest BCUT2D eigenvalue weighted by Gasteiger charge is 2.34. The molecule has 1 saturated carbocycles. The highest BCUT2D eigenvalue weighted by Crippen LogP contribution is 2.40. The normalized spacial score (nSPS) is 30.4. The van der Waals surface area contributed by atoms with E-state index in [1.807, 2.05) is 0 Å². The second kappa shape index (κ2) is 5.05. The van der Waals surface area contributed by atoms with E-state index in [1.54, 1.807) is 0 Å². The topological polar surface area (TPSA) is 15.3 Å². The van der Waals surface area contributed by atoms with Gasteiger partial charge in [0.2, 0.25) is 0 Å². The summed E-state index contributed by atoms with van der Waals surface area (Å²) >= 11 is 0. The lowest BCUT2D eigenvalue weighted by Gasteiger charge is -2.45. The van der Waals surface area contributed by atoms with Crippen LogP contribution in [0.5, 0.6) is 0 Å². The van der Waals surface area contributed by atoms with E-state index in [9.17, 15) is 0 Å². The Morgan fingerprint density at radius 1 is 1.38 bits per heavy atom. The summed E-state index contributed by atoms with van der Waals surface area (Å²) in [6, 6.07) is 0.734. The maximum Gasteiger partial charge on any atom is 0.0198 e. The molecule has 16 heavy (non-hydrogen) atoms. The molecule has 2 nitrogen and oxygen atoms in total. The van der Waals surface area contributed by atoms with Crippen molar-refractivity contribution in [3.63, 3.8) is 0 Å². The van der Waals surface area contributed by atoms with Gasteiger partial charge in [0, 0.05) is 32.2 Å². The van der Waals surface area contributed by atoms with Gasteiger partial charge < -0.3 is 5.32 Å². The van der Waals surface area contributed by atoms with E-state index in [-0.39, 0.29) is 0 Å². The van der Waals surface area contributed by atoms with Crippen LogP contribution in [0, 0.1) is 11.3 Å². The Morgan fingerprint density at radius 3 is 2.69 bits per heavy atom. The van der Waals surface area contributed by atoms with E-state index in [0.717, 1.165) is 12.0 Å². The van der Waals surface area contributed by atoms with E-state index in [4.69, 9.17) is 0 Å². The van der Waals surface area contributed by atoms with Crippen LogP contribution in [0.15, 0.2) is 0 Å². The smallest absolute Gasteiger partial charge is 0.0198 e. The molecule has 1 saturated heterocycles. The first-order valence-electron chi connectivity index (χ1n) is 7.03. The van der Waals surface area contributed by atoms with Gasteiger partial charge >= 0.3 is 0 Å². The molecule has 0 aromatic rings. The zero-order valence-electron chi connectivity index (χ0n) is 11.3. The third-order valence-electron chi connectivity index (χ3n) is 4.26. The minimum Gasteiger partial charge on any atom is -0.311 e. The Kier molecular flexibility index (Phi) is 3.91. The molecule has 2 fully saturated rings. The number of hydrogen-bond donors (Lipinski definition) is 1. The number of piperazine rings is 1. The highest BCUT2D eigenvalue weighted by molar-refractivity contribution is 4.89. The Hall–Kier alpha value is -0.0800. The first-order valence-corrected chi connectivity index (χ1v) is 7.03. The van der Waals surface area contributed by atoms with E-state index in [2.05, 4.69) is 31.0 Å². The summed E-state index contributed by atoms with van der Waals surface area (Å²) in [5.74, 6) is 0.816. The van der Waals surface area contributed by atoms with Gasteiger partial charge in [-0.2, -0.15) is 0 Å². The summed E-state index contributed by atoms with van der Waals surface area (Å²) in [4.78, 5) is 2.70. The molecule has 1 unspecified atom stereocenters. The molecular formula is C14H28N2. The standard InChI is InChI=1S/C14H28N2/c1-12(2)9-13-10-16(8-7-15-13)11-14(3)5-4-6-14/h12-13,15H,4-11H2,1-3H3. The summed E-state index contributed by atoms with van der Waals surface area (Å²) in [5, 5.41) is 3.66. The van der Waals surface area contributed by atoms with Gasteiger partial charge in [0.25, 0.3) is 0 Å². The van der Waals surface area contributed by atoms with Gasteiger partial charge in [0.05, 0.1) is 0 Å². The van der Waals surface area contributed by atoms with Crippen molar-refractivity contribution in [3.05, 3.63) is 0 Å². The Morgan fingerprint density at radius 2 is 2.12 bits per heavy atom. The van der Waals surface area contributed by atoms with Crippen molar-refractivity contribution in [1.29, 1.82) is 0 Å². The highest BCUT2D eigenvalue weighted by atomic mass is 15.2. The molecule has 0 amide bonds. The number of nitrogens with one attached hydrogen (secondary N) is 1. The first-order chi connectivity index (χ1) is 7.57. The zero-order valence-corrected chi connectivity index (χ0v) is 11.3.